The van der Waals surface area contributed by atoms with Crippen LogP contribution in [0.5, 0.6) is 5.75 Å². The van der Waals surface area contributed by atoms with Crippen LogP contribution in [0.3, 0.4) is 0 Å². The minimum Gasteiger partial charge on any atom is -0.487 e. The van der Waals surface area contributed by atoms with E-state index in [1.165, 1.54) is 11.1 Å². The molecule has 0 saturated carbocycles. The molecule has 1 aromatic heterocycles. The summed E-state index contributed by atoms with van der Waals surface area (Å²) in [4.78, 5) is 0. The lowest BCUT2D eigenvalue weighted by atomic mass is 10.1. The second kappa shape index (κ2) is 6.31. The normalized spacial score (nSPS) is 10.9. The first-order valence-electron chi connectivity index (χ1n) is 6.53. The smallest absolute Gasteiger partial charge is 0.131 e. The number of halogens is 2. The number of hydrogen-bond acceptors (Lipinski definition) is 2. The van der Waals surface area contributed by atoms with Gasteiger partial charge in [0.25, 0.3) is 0 Å². The third-order valence-electron chi connectivity index (χ3n) is 3.29. The second-order valence-corrected chi connectivity index (χ2v) is 6.43. The molecule has 1 aromatic carbocycles. The Morgan fingerprint density at radius 2 is 1.75 bits per heavy atom. The largest absolute Gasteiger partial charge is 0.487 e. The Balaban J connectivity index is 2.19. The van der Waals surface area contributed by atoms with Crippen molar-refractivity contribution in [2.24, 2.45) is 7.05 Å². The number of rotatable bonds is 4. The highest BCUT2D eigenvalue weighted by Gasteiger charge is 2.13. The van der Waals surface area contributed by atoms with Gasteiger partial charge in [0, 0.05) is 11.5 Å². The van der Waals surface area contributed by atoms with Crippen molar-refractivity contribution in [2.75, 3.05) is 0 Å². The lowest BCUT2D eigenvalue weighted by Gasteiger charge is -2.10. The van der Waals surface area contributed by atoms with Crippen molar-refractivity contribution >= 4 is 31.9 Å². The van der Waals surface area contributed by atoms with E-state index in [4.69, 9.17) is 4.74 Å². The zero-order valence-electron chi connectivity index (χ0n) is 12.1. The van der Waals surface area contributed by atoms with Crippen LogP contribution in [0.2, 0.25) is 0 Å². The van der Waals surface area contributed by atoms with Crippen molar-refractivity contribution in [1.82, 2.24) is 9.78 Å². The highest BCUT2D eigenvalue weighted by Crippen LogP contribution is 2.28. The van der Waals surface area contributed by atoms with Crippen LogP contribution in [0.4, 0.5) is 0 Å². The van der Waals surface area contributed by atoms with Gasteiger partial charge in [0.1, 0.15) is 12.4 Å². The molecule has 1 heterocycles. The highest BCUT2D eigenvalue weighted by atomic mass is 79.9. The summed E-state index contributed by atoms with van der Waals surface area (Å²) in [6.07, 6.45) is 0.908. The van der Waals surface area contributed by atoms with Crippen molar-refractivity contribution < 1.29 is 4.74 Å². The van der Waals surface area contributed by atoms with Crippen LogP contribution in [0, 0.1) is 13.8 Å². The third-order valence-corrected chi connectivity index (χ3v) is 5.45. The van der Waals surface area contributed by atoms with E-state index in [9.17, 15) is 0 Å². The van der Waals surface area contributed by atoms with Gasteiger partial charge < -0.3 is 4.74 Å². The molecule has 0 aliphatic heterocycles. The molecule has 3 nitrogen and oxygen atoms in total. The Morgan fingerprint density at radius 3 is 2.25 bits per heavy atom. The molecule has 108 valence electrons. The summed E-state index contributed by atoms with van der Waals surface area (Å²) in [5, 5.41) is 4.47. The molecule has 0 fully saturated rings. The Labute approximate surface area is 136 Å². The van der Waals surface area contributed by atoms with E-state index in [1.807, 2.05) is 23.9 Å². The molecule has 2 rings (SSSR count). The molecule has 20 heavy (non-hydrogen) atoms. The maximum Gasteiger partial charge on any atom is 0.131 e. The van der Waals surface area contributed by atoms with E-state index < -0.39 is 0 Å². The number of aromatic nitrogens is 2. The molecule has 0 radical (unpaired) electrons. The molecular weight excluding hydrogens is 384 g/mol. The standard InChI is InChI=1S/C15H18Br2N2O/c1-5-12-15(17)13(19(4)18-12)8-20-11-6-9(2)14(16)10(3)7-11/h6-7H,5,8H2,1-4H3. The van der Waals surface area contributed by atoms with Gasteiger partial charge in [-0.25, -0.2) is 0 Å². The number of hydrogen-bond donors (Lipinski definition) is 0. The topological polar surface area (TPSA) is 27.1 Å². The quantitative estimate of drug-likeness (QED) is 0.742. The summed E-state index contributed by atoms with van der Waals surface area (Å²) >= 11 is 7.17. The van der Waals surface area contributed by atoms with E-state index in [-0.39, 0.29) is 0 Å². The highest BCUT2D eigenvalue weighted by molar-refractivity contribution is 9.10. The van der Waals surface area contributed by atoms with Gasteiger partial charge in [-0.1, -0.05) is 22.9 Å². The fraction of sp³-hybridized carbons (Fsp3) is 0.400. The van der Waals surface area contributed by atoms with Gasteiger partial charge in [0.2, 0.25) is 0 Å². The first kappa shape index (κ1) is 15.6. The summed E-state index contributed by atoms with van der Waals surface area (Å²) in [6, 6.07) is 4.09. The predicted molar refractivity (Wildman–Crippen MR) is 88.2 cm³/mol. The molecule has 0 amide bonds. The van der Waals surface area contributed by atoms with Crippen molar-refractivity contribution in [2.45, 2.75) is 33.8 Å². The van der Waals surface area contributed by atoms with Gasteiger partial charge >= 0.3 is 0 Å². The molecular formula is C15H18Br2N2O. The van der Waals surface area contributed by atoms with Crippen LogP contribution in [0.25, 0.3) is 0 Å². The van der Waals surface area contributed by atoms with Crippen LogP contribution >= 0.6 is 31.9 Å². The molecule has 0 aliphatic rings. The maximum absolute atomic E-state index is 5.92. The van der Waals surface area contributed by atoms with Gasteiger partial charge in [-0.2, -0.15) is 5.10 Å². The van der Waals surface area contributed by atoms with Gasteiger partial charge in [-0.3, -0.25) is 4.68 Å². The SMILES string of the molecule is CCc1nn(C)c(COc2cc(C)c(Br)c(C)c2)c1Br. The maximum atomic E-state index is 5.92. The number of ether oxygens (including phenoxy) is 1. The fourth-order valence-electron chi connectivity index (χ4n) is 2.12. The summed E-state index contributed by atoms with van der Waals surface area (Å²) < 4.78 is 9.98. The molecule has 0 N–H and O–H groups in total. The van der Waals surface area contributed by atoms with Crippen LogP contribution < -0.4 is 4.74 Å². The van der Waals surface area contributed by atoms with Gasteiger partial charge in [-0.05, 0) is 59.5 Å². The zero-order valence-corrected chi connectivity index (χ0v) is 15.3. The number of benzene rings is 1. The van der Waals surface area contributed by atoms with Gasteiger partial charge in [0.05, 0.1) is 15.9 Å². The lowest BCUT2D eigenvalue weighted by Crippen LogP contribution is -2.04. The minimum atomic E-state index is 0.505. The van der Waals surface area contributed by atoms with Crippen LogP contribution in [0.1, 0.15) is 29.4 Å². The van der Waals surface area contributed by atoms with E-state index in [1.54, 1.807) is 0 Å². The predicted octanol–water partition coefficient (Wildman–Crippen LogP) is 4.70. The summed E-state index contributed by atoms with van der Waals surface area (Å²) in [5.41, 5.74) is 4.48. The average molecular weight is 402 g/mol. The molecule has 0 unspecified atom stereocenters. The van der Waals surface area contributed by atoms with E-state index in [2.05, 4.69) is 57.7 Å². The Morgan fingerprint density at radius 1 is 1.15 bits per heavy atom. The summed E-state index contributed by atoms with van der Waals surface area (Å²) in [7, 11) is 1.95. The minimum absolute atomic E-state index is 0.505. The molecule has 0 atom stereocenters. The lowest BCUT2D eigenvalue weighted by molar-refractivity contribution is 0.293. The van der Waals surface area contributed by atoms with Gasteiger partial charge in [0.15, 0.2) is 0 Å². The average Bonchev–Trinajstić information content (AvgIpc) is 2.68. The second-order valence-electron chi connectivity index (χ2n) is 4.84. The number of aryl methyl sites for hydroxylation is 4. The molecule has 2 aromatic rings. The van der Waals surface area contributed by atoms with Gasteiger partial charge in [-0.15, -0.1) is 0 Å². The molecule has 0 saturated heterocycles. The Hall–Kier alpha value is -0.810. The zero-order chi connectivity index (χ0) is 14.9. The summed E-state index contributed by atoms with van der Waals surface area (Å²) in [5.74, 6) is 0.884. The molecule has 0 aliphatic carbocycles. The first-order chi connectivity index (χ1) is 9.43. The van der Waals surface area contributed by atoms with Crippen molar-refractivity contribution in [1.29, 1.82) is 0 Å². The van der Waals surface area contributed by atoms with Crippen LogP contribution in [-0.2, 0) is 20.1 Å². The van der Waals surface area contributed by atoms with Crippen molar-refractivity contribution in [3.05, 3.63) is 43.6 Å². The van der Waals surface area contributed by atoms with Crippen molar-refractivity contribution in [3.8, 4) is 5.75 Å². The van der Waals surface area contributed by atoms with E-state index in [0.29, 0.717) is 6.61 Å². The van der Waals surface area contributed by atoms with Crippen LogP contribution in [-0.4, -0.2) is 9.78 Å². The Kier molecular flexibility index (Phi) is 4.91. The van der Waals surface area contributed by atoms with Crippen LogP contribution in [0.15, 0.2) is 21.1 Å². The third kappa shape index (κ3) is 3.09. The first-order valence-corrected chi connectivity index (χ1v) is 8.12. The molecule has 0 spiro atoms. The number of nitrogens with zero attached hydrogens (tertiary/aromatic N) is 2. The molecule has 5 heteroatoms. The van der Waals surface area contributed by atoms with E-state index >= 15 is 0 Å². The van der Waals surface area contributed by atoms with E-state index in [0.717, 1.165) is 32.5 Å². The monoisotopic (exact) mass is 400 g/mol. The molecule has 0 bridgehead atoms. The summed E-state index contributed by atoms with van der Waals surface area (Å²) in [6.45, 7) is 6.74. The Bertz CT molecular complexity index is 612. The van der Waals surface area contributed by atoms with Crippen molar-refractivity contribution in [3.63, 3.8) is 0 Å². The fourth-order valence-corrected chi connectivity index (χ4v) is 3.08.